The third-order valence-electron chi connectivity index (χ3n) is 6.93. The van der Waals surface area contributed by atoms with Crippen molar-refractivity contribution in [2.24, 2.45) is 0 Å². The number of amides is 2. The van der Waals surface area contributed by atoms with E-state index in [1.807, 2.05) is 25.1 Å². The van der Waals surface area contributed by atoms with Crippen LogP contribution in [0.4, 0.5) is 9.18 Å². The SMILES string of the molecule is CCc1cc(O)c(F)cc1-c1ccc2c(-c3nc4c([nH]3)CN(C(=O)NC3CCC3)C4)n[nH]c2c1. The molecule has 1 aliphatic carbocycles. The maximum atomic E-state index is 14.0. The van der Waals surface area contributed by atoms with Crippen molar-refractivity contribution in [3.63, 3.8) is 0 Å². The highest BCUT2D eigenvalue weighted by molar-refractivity contribution is 5.94. The Morgan fingerprint density at radius 3 is 2.85 bits per heavy atom. The Bertz CT molecular complexity index is 1400. The molecule has 1 saturated carbocycles. The number of carbonyl (C=O) groups excluding carboxylic acids is 1. The number of hydrogen-bond donors (Lipinski definition) is 4. The molecule has 8 nitrogen and oxygen atoms in total. The number of aromatic hydroxyl groups is 1. The zero-order valence-electron chi connectivity index (χ0n) is 18.8. The third-order valence-corrected chi connectivity index (χ3v) is 6.93. The number of phenolic OH excluding ortho intramolecular Hbond substituents is 1. The summed E-state index contributed by atoms with van der Waals surface area (Å²) in [5.74, 6) is -0.318. The molecule has 4 N–H and O–H groups in total. The van der Waals surface area contributed by atoms with E-state index in [-0.39, 0.29) is 11.8 Å². The predicted octanol–water partition coefficient (Wildman–Crippen LogP) is 4.60. The predicted molar refractivity (Wildman–Crippen MR) is 126 cm³/mol. The van der Waals surface area contributed by atoms with Crippen LogP contribution < -0.4 is 5.32 Å². The minimum absolute atomic E-state index is 0.0347. The Labute approximate surface area is 195 Å². The van der Waals surface area contributed by atoms with E-state index in [9.17, 15) is 14.3 Å². The van der Waals surface area contributed by atoms with Gasteiger partial charge in [0.1, 0.15) is 5.69 Å². The Balaban J connectivity index is 1.26. The number of aromatic amines is 2. The standard InChI is InChI=1S/C25H25FN6O2/c1-2-13-9-22(33)18(26)10-17(13)14-6-7-16-19(8-14)30-31-23(16)24-28-20-11-32(12-21(20)29-24)25(34)27-15-4-3-5-15/h6-10,15,33H,2-5,11-12H2,1H3,(H,27,34)(H,28,29)(H,30,31). The number of aromatic nitrogens is 4. The summed E-state index contributed by atoms with van der Waals surface area (Å²) in [7, 11) is 0. The Hall–Kier alpha value is -3.88. The first kappa shape index (κ1) is 20.7. The number of phenols is 1. The summed E-state index contributed by atoms with van der Waals surface area (Å²) in [6.45, 7) is 2.94. The largest absolute Gasteiger partial charge is 0.505 e. The van der Waals surface area contributed by atoms with E-state index >= 15 is 0 Å². The number of nitrogens with zero attached hydrogens (tertiary/aromatic N) is 3. The van der Waals surface area contributed by atoms with Crippen LogP contribution in [0.1, 0.15) is 43.1 Å². The summed E-state index contributed by atoms with van der Waals surface area (Å²) in [5.41, 5.74) is 5.75. The molecule has 2 aromatic heterocycles. The summed E-state index contributed by atoms with van der Waals surface area (Å²) < 4.78 is 14.0. The highest BCUT2D eigenvalue weighted by atomic mass is 19.1. The number of benzene rings is 2. The van der Waals surface area contributed by atoms with Gasteiger partial charge in [0.2, 0.25) is 0 Å². The van der Waals surface area contributed by atoms with E-state index in [4.69, 9.17) is 4.98 Å². The van der Waals surface area contributed by atoms with Crippen molar-refractivity contribution in [1.82, 2.24) is 30.4 Å². The van der Waals surface area contributed by atoms with Crippen LogP contribution in [0.15, 0.2) is 30.3 Å². The first-order chi connectivity index (χ1) is 16.5. The van der Waals surface area contributed by atoms with E-state index in [2.05, 4.69) is 20.5 Å². The van der Waals surface area contributed by atoms with Gasteiger partial charge in [-0.25, -0.2) is 14.2 Å². The second-order valence-electron chi connectivity index (χ2n) is 9.09. The van der Waals surface area contributed by atoms with Crippen LogP contribution in [0.25, 0.3) is 33.5 Å². The molecule has 0 radical (unpaired) electrons. The molecule has 9 heteroatoms. The van der Waals surface area contributed by atoms with Crippen LogP contribution in [-0.2, 0) is 19.5 Å². The number of nitrogens with one attached hydrogen (secondary N) is 3. The molecule has 34 heavy (non-hydrogen) atoms. The smallest absolute Gasteiger partial charge is 0.318 e. The first-order valence-corrected chi connectivity index (χ1v) is 11.6. The normalized spacial score (nSPS) is 15.5. The quantitative estimate of drug-likeness (QED) is 0.357. The van der Waals surface area contributed by atoms with Gasteiger partial charge in [0, 0.05) is 11.4 Å². The fraction of sp³-hybridized carbons (Fsp3) is 0.320. The summed E-state index contributed by atoms with van der Waals surface area (Å²) in [5, 5.41) is 21.2. The second-order valence-corrected chi connectivity index (χ2v) is 9.09. The molecule has 0 spiro atoms. The molecular weight excluding hydrogens is 435 g/mol. The van der Waals surface area contributed by atoms with Crippen LogP contribution in [0.5, 0.6) is 5.75 Å². The number of carbonyl (C=O) groups is 1. The van der Waals surface area contributed by atoms with Crippen LogP contribution in [-0.4, -0.2) is 42.2 Å². The molecule has 174 valence electrons. The number of rotatable bonds is 4. The molecule has 0 atom stereocenters. The summed E-state index contributed by atoms with van der Waals surface area (Å²) in [6, 6.07) is 8.92. The Kier molecular flexibility index (Phi) is 4.79. The summed E-state index contributed by atoms with van der Waals surface area (Å²) in [6.07, 6.45) is 3.97. The fourth-order valence-corrected chi connectivity index (χ4v) is 4.74. The van der Waals surface area contributed by atoms with Crippen LogP contribution in [0.2, 0.25) is 0 Å². The number of fused-ring (bicyclic) bond motifs is 2. The van der Waals surface area contributed by atoms with Gasteiger partial charge >= 0.3 is 6.03 Å². The summed E-state index contributed by atoms with van der Waals surface area (Å²) in [4.78, 5) is 22.3. The van der Waals surface area contributed by atoms with Crippen molar-refractivity contribution in [3.8, 4) is 28.4 Å². The Morgan fingerprint density at radius 2 is 2.12 bits per heavy atom. The molecule has 2 aliphatic rings. The lowest BCUT2D eigenvalue weighted by atomic mass is 9.93. The van der Waals surface area contributed by atoms with Crippen LogP contribution in [0.3, 0.4) is 0 Å². The molecule has 2 amide bonds. The average molecular weight is 461 g/mol. The van der Waals surface area contributed by atoms with Gasteiger partial charge < -0.3 is 20.3 Å². The van der Waals surface area contributed by atoms with E-state index in [0.717, 1.165) is 51.8 Å². The van der Waals surface area contributed by atoms with E-state index in [0.29, 0.717) is 37.1 Å². The van der Waals surface area contributed by atoms with Crippen molar-refractivity contribution in [2.75, 3.05) is 0 Å². The number of imidazole rings is 1. The number of halogens is 1. The van der Waals surface area contributed by atoms with Crippen LogP contribution >= 0.6 is 0 Å². The summed E-state index contributed by atoms with van der Waals surface area (Å²) >= 11 is 0. The molecule has 1 fully saturated rings. The van der Waals surface area contributed by atoms with Crippen molar-refractivity contribution in [3.05, 3.63) is 53.1 Å². The number of H-pyrrole nitrogens is 2. The number of urea groups is 1. The van der Waals surface area contributed by atoms with Gasteiger partial charge in [0.25, 0.3) is 0 Å². The second kappa shape index (κ2) is 7.86. The molecule has 2 aromatic carbocycles. The highest BCUT2D eigenvalue weighted by Crippen LogP contribution is 2.34. The van der Waals surface area contributed by atoms with E-state index in [1.165, 1.54) is 18.6 Å². The maximum absolute atomic E-state index is 14.0. The molecule has 6 rings (SSSR count). The molecule has 0 saturated heterocycles. The molecule has 3 heterocycles. The molecule has 4 aromatic rings. The molecule has 0 unspecified atom stereocenters. The molecular formula is C25H25FN6O2. The molecule has 1 aliphatic heterocycles. The minimum atomic E-state index is -0.641. The zero-order chi connectivity index (χ0) is 23.4. The molecule has 0 bridgehead atoms. The fourth-order valence-electron chi connectivity index (χ4n) is 4.74. The van der Waals surface area contributed by atoms with E-state index in [1.54, 1.807) is 4.90 Å². The van der Waals surface area contributed by atoms with Crippen LogP contribution in [0, 0.1) is 5.82 Å². The average Bonchev–Trinajstić information content (AvgIpc) is 3.50. The zero-order valence-corrected chi connectivity index (χ0v) is 18.8. The van der Waals surface area contributed by atoms with Crippen molar-refractivity contribution in [2.45, 2.75) is 51.7 Å². The van der Waals surface area contributed by atoms with E-state index < -0.39 is 5.82 Å². The van der Waals surface area contributed by atoms with Crippen molar-refractivity contribution >= 4 is 16.9 Å². The lowest BCUT2D eigenvalue weighted by molar-refractivity contribution is 0.186. The highest BCUT2D eigenvalue weighted by Gasteiger charge is 2.30. The van der Waals surface area contributed by atoms with Gasteiger partial charge in [-0.15, -0.1) is 0 Å². The van der Waals surface area contributed by atoms with Gasteiger partial charge in [0.05, 0.1) is 30.0 Å². The van der Waals surface area contributed by atoms with Crippen molar-refractivity contribution < 1.29 is 14.3 Å². The monoisotopic (exact) mass is 460 g/mol. The maximum Gasteiger partial charge on any atom is 0.318 e. The van der Waals surface area contributed by atoms with Gasteiger partial charge in [-0.2, -0.15) is 5.10 Å². The third kappa shape index (κ3) is 3.39. The Morgan fingerprint density at radius 1 is 1.26 bits per heavy atom. The topological polar surface area (TPSA) is 110 Å². The lowest BCUT2D eigenvalue weighted by Crippen LogP contribution is -2.45. The number of hydrogen-bond acceptors (Lipinski definition) is 4. The van der Waals surface area contributed by atoms with Gasteiger partial charge in [-0.3, -0.25) is 5.10 Å². The lowest BCUT2D eigenvalue weighted by Gasteiger charge is -2.28. The first-order valence-electron chi connectivity index (χ1n) is 11.6. The van der Waals surface area contributed by atoms with Gasteiger partial charge in [0.15, 0.2) is 17.4 Å². The van der Waals surface area contributed by atoms with Crippen molar-refractivity contribution in [1.29, 1.82) is 0 Å². The number of aryl methyl sites for hydroxylation is 1. The minimum Gasteiger partial charge on any atom is -0.505 e. The van der Waals surface area contributed by atoms with Gasteiger partial charge in [-0.05, 0) is 66.6 Å². The van der Waals surface area contributed by atoms with Gasteiger partial charge in [-0.1, -0.05) is 13.0 Å².